The molecule has 30 heavy (non-hydrogen) atoms. The number of nitrogens with zero attached hydrogens (tertiary/aromatic N) is 1. The maximum atomic E-state index is 13.1. The highest BCUT2D eigenvalue weighted by molar-refractivity contribution is 7.89. The molecule has 1 aliphatic heterocycles. The zero-order valence-corrected chi connectivity index (χ0v) is 18.3. The Kier molecular flexibility index (Phi) is 6.80. The van der Waals surface area contributed by atoms with Gasteiger partial charge in [-0.25, -0.2) is 13.2 Å². The van der Waals surface area contributed by atoms with Gasteiger partial charge in [-0.1, -0.05) is 29.8 Å². The topological polar surface area (TPSA) is 92.8 Å². The molecule has 0 aliphatic carbocycles. The Labute approximate surface area is 181 Å². The number of nitrogens with one attached hydrogen (secondary N) is 1. The first-order valence-electron chi connectivity index (χ1n) is 9.48. The van der Waals surface area contributed by atoms with E-state index in [0.717, 1.165) is 5.56 Å². The van der Waals surface area contributed by atoms with Crippen LogP contribution in [-0.2, 0) is 19.6 Å². The lowest BCUT2D eigenvalue weighted by atomic mass is 9.97. The summed E-state index contributed by atoms with van der Waals surface area (Å²) in [6, 6.07) is 11.2. The number of hydrogen-bond acceptors (Lipinski definition) is 5. The number of piperidine rings is 1. The molecule has 3 rings (SSSR count). The van der Waals surface area contributed by atoms with Crippen LogP contribution in [0.5, 0.6) is 0 Å². The van der Waals surface area contributed by atoms with Gasteiger partial charge in [0.25, 0.3) is 0 Å². The second-order valence-electron chi connectivity index (χ2n) is 7.11. The lowest BCUT2D eigenvalue weighted by Crippen LogP contribution is -2.41. The molecule has 2 aromatic rings. The van der Waals surface area contributed by atoms with Crippen LogP contribution in [0.3, 0.4) is 0 Å². The molecule has 7 nitrogen and oxygen atoms in total. The third-order valence-electron chi connectivity index (χ3n) is 5.19. The van der Waals surface area contributed by atoms with E-state index in [4.69, 9.17) is 16.3 Å². The lowest BCUT2D eigenvalue weighted by Gasteiger charge is -2.31. The highest BCUT2D eigenvalue weighted by atomic mass is 35.5. The summed E-state index contributed by atoms with van der Waals surface area (Å²) in [5, 5.41) is 3.41. The molecule has 1 saturated heterocycles. The Morgan fingerprint density at radius 3 is 2.47 bits per heavy atom. The van der Waals surface area contributed by atoms with E-state index in [1.807, 2.05) is 13.0 Å². The van der Waals surface area contributed by atoms with Crippen molar-refractivity contribution in [2.45, 2.75) is 24.7 Å². The van der Waals surface area contributed by atoms with Gasteiger partial charge in [0, 0.05) is 29.7 Å². The summed E-state index contributed by atoms with van der Waals surface area (Å²) < 4.78 is 32.2. The van der Waals surface area contributed by atoms with Crippen LogP contribution >= 0.6 is 11.6 Å². The van der Waals surface area contributed by atoms with Gasteiger partial charge in [0.15, 0.2) is 0 Å². The third kappa shape index (κ3) is 4.66. The van der Waals surface area contributed by atoms with Crippen molar-refractivity contribution in [3.8, 4) is 0 Å². The second-order valence-corrected chi connectivity index (χ2v) is 9.46. The highest BCUT2D eigenvalue weighted by Gasteiger charge is 2.34. The molecule has 9 heteroatoms. The van der Waals surface area contributed by atoms with E-state index in [0.29, 0.717) is 23.6 Å². The first-order valence-corrected chi connectivity index (χ1v) is 11.3. The van der Waals surface area contributed by atoms with Gasteiger partial charge in [-0.05, 0) is 49.6 Å². The quantitative estimate of drug-likeness (QED) is 0.704. The molecule has 0 spiro atoms. The van der Waals surface area contributed by atoms with Crippen LogP contribution in [0.25, 0.3) is 0 Å². The zero-order valence-electron chi connectivity index (χ0n) is 16.7. The number of aryl methyl sites for hydroxylation is 1. The Bertz CT molecular complexity index is 1060. The molecule has 0 unspecified atom stereocenters. The number of benzene rings is 2. The fourth-order valence-corrected chi connectivity index (χ4v) is 5.25. The highest BCUT2D eigenvalue weighted by Crippen LogP contribution is 2.28. The SMILES string of the molecule is COC(=O)c1ccccc1S(=O)(=O)N1CCC(C(=O)Nc2cc(Cl)ccc2C)CC1. The van der Waals surface area contributed by atoms with Gasteiger partial charge in [-0.3, -0.25) is 4.79 Å². The average Bonchev–Trinajstić information content (AvgIpc) is 2.75. The minimum absolute atomic E-state index is 0.00343. The van der Waals surface area contributed by atoms with Crippen molar-refractivity contribution in [2.75, 3.05) is 25.5 Å². The summed E-state index contributed by atoms with van der Waals surface area (Å²) >= 11 is 6.00. The number of sulfonamides is 1. The molecule has 1 aliphatic rings. The molecule has 2 aromatic carbocycles. The number of anilines is 1. The number of ether oxygens (including phenoxy) is 1. The molecule has 0 radical (unpaired) electrons. The van der Waals surface area contributed by atoms with E-state index in [-0.39, 0.29) is 35.4 Å². The molecule has 0 bridgehead atoms. The molecular formula is C21H23ClN2O5S. The van der Waals surface area contributed by atoms with Gasteiger partial charge in [-0.15, -0.1) is 0 Å². The van der Waals surface area contributed by atoms with Crippen LogP contribution in [0.4, 0.5) is 5.69 Å². The van der Waals surface area contributed by atoms with Crippen molar-refractivity contribution >= 4 is 39.2 Å². The fraction of sp³-hybridized carbons (Fsp3) is 0.333. The third-order valence-corrected chi connectivity index (χ3v) is 7.38. The number of halogens is 1. The van der Waals surface area contributed by atoms with Crippen LogP contribution in [-0.4, -0.2) is 44.8 Å². The van der Waals surface area contributed by atoms with Crippen molar-refractivity contribution in [1.82, 2.24) is 4.31 Å². The number of amides is 1. The molecule has 1 heterocycles. The molecule has 0 atom stereocenters. The Morgan fingerprint density at radius 1 is 1.13 bits per heavy atom. The monoisotopic (exact) mass is 450 g/mol. The molecule has 0 aromatic heterocycles. The second kappa shape index (κ2) is 9.16. The molecule has 160 valence electrons. The number of carbonyl (C=O) groups is 2. The molecule has 1 N–H and O–H groups in total. The standard InChI is InChI=1S/C21H23ClN2O5S/c1-14-7-8-16(22)13-18(14)23-20(25)15-9-11-24(12-10-15)30(27,28)19-6-4-3-5-17(19)21(26)29-2/h3-8,13,15H,9-12H2,1-2H3,(H,23,25). The van der Waals surface area contributed by atoms with Crippen LogP contribution in [0, 0.1) is 12.8 Å². The first kappa shape index (κ1) is 22.3. The van der Waals surface area contributed by atoms with Gasteiger partial charge < -0.3 is 10.1 Å². The van der Waals surface area contributed by atoms with E-state index < -0.39 is 16.0 Å². The van der Waals surface area contributed by atoms with E-state index in [2.05, 4.69) is 5.32 Å². The normalized spacial score (nSPS) is 15.6. The van der Waals surface area contributed by atoms with Crippen molar-refractivity contribution < 1.29 is 22.7 Å². The summed E-state index contributed by atoms with van der Waals surface area (Å²) in [7, 11) is -2.68. The van der Waals surface area contributed by atoms with Crippen molar-refractivity contribution in [2.24, 2.45) is 5.92 Å². The molecule has 1 amide bonds. The van der Waals surface area contributed by atoms with Gasteiger partial charge in [0.05, 0.1) is 17.6 Å². The van der Waals surface area contributed by atoms with Gasteiger partial charge in [0.2, 0.25) is 15.9 Å². The van der Waals surface area contributed by atoms with Crippen molar-refractivity contribution in [3.63, 3.8) is 0 Å². The molecule has 0 saturated carbocycles. The summed E-state index contributed by atoms with van der Waals surface area (Å²) in [5.41, 5.74) is 1.54. The Morgan fingerprint density at radius 2 is 1.80 bits per heavy atom. The van der Waals surface area contributed by atoms with Crippen LogP contribution in [0.15, 0.2) is 47.4 Å². The van der Waals surface area contributed by atoms with Crippen LogP contribution < -0.4 is 5.32 Å². The summed E-state index contributed by atoms with van der Waals surface area (Å²) in [6.07, 6.45) is 0.760. The van der Waals surface area contributed by atoms with Gasteiger partial charge in [-0.2, -0.15) is 4.31 Å². The number of rotatable bonds is 5. The first-order chi connectivity index (χ1) is 14.2. The zero-order chi connectivity index (χ0) is 21.9. The number of hydrogen-bond donors (Lipinski definition) is 1. The molecular weight excluding hydrogens is 428 g/mol. The van der Waals surface area contributed by atoms with Crippen molar-refractivity contribution in [1.29, 1.82) is 0 Å². The van der Waals surface area contributed by atoms with Gasteiger partial charge >= 0.3 is 5.97 Å². The maximum absolute atomic E-state index is 13.1. The number of methoxy groups -OCH3 is 1. The molecule has 1 fully saturated rings. The summed E-state index contributed by atoms with van der Waals surface area (Å²) in [4.78, 5) is 24.5. The predicted octanol–water partition coefficient (Wildman–Crippen LogP) is 3.47. The van der Waals surface area contributed by atoms with Crippen LogP contribution in [0.1, 0.15) is 28.8 Å². The van der Waals surface area contributed by atoms with E-state index in [1.54, 1.807) is 24.3 Å². The number of esters is 1. The largest absolute Gasteiger partial charge is 0.465 e. The summed E-state index contributed by atoms with van der Waals surface area (Å²) in [5.74, 6) is -1.18. The van der Waals surface area contributed by atoms with E-state index in [9.17, 15) is 18.0 Å². The minimum atomic E-state index is -3.88. The maximum Gasteiger partial charge on any atom is 0.339 e. The fourth-order valence-electron chi connectivity index (χ4n) is 3.43. The van der Waals surface area contributed by atoms with E-state index in [1.165, 1.54) is 23.5 Å². The van der Waals surface area contributed by atoms with E-state index >= 15 is 0 Å². The average molecular weight is 451 g/mol. The minimum Gasteiger partial charge on any atom is -0.465 e. The van der Waals surface area contributed by atoms with Crippen molar-refractivity contribution in [3.05, 3.63) is 58.6 Å². The Balaban J connectivity index is 1.70. The van der Waals surface area contributed by atoms with Crippen LogP contribution in [0.2, 0.25) is 5.02 Å². The Hall–Kier alpha value is -2.42. The van der Waals surface area contributed by atoms with Gasteiger partial charge in [0.1, 0.15) is 0 Å². The smallest absolute Gasteiger partial charge is 0.339 e. The predicted molar refractivity (Wildman–Crippen MR) is 114 cm³/mol. The lowest BCUT2D eigenvalue weighted by molar-refractivity contribution is -0.120. The number of carbonyl (C=O) groups excluding carboxylic acids is 2. The summed E-state index contributed by atoms with van der Waals surface area (Å²) in [6.45, 7) is 2.24.